The average Bonchev–Trinajstić information content (AvgIpc) is 2.02. The van der Waals surface area contributed by atoms with Crippen molar-refractivity contribution in [1.29, 1.82) is 0 Å². The third kappa shape index (κ3) is 2.30. The quantitative estimate of drug-likeness (QED) is 0.771. The third-order valence-electron chi connectivity index (χ3n) is 1.81. The van der Waals surface area contributed by atoms with Crippen LogP contribution in [0.5, 0.6) is 0 Å². The molecule has 78 valence electrons. The molecule has 0 fully saturated rings. The van der Waals surface area contributed by atoms with Crippen molar-refractivity contribution in [1.82, 2.24) is 5.32 Å². The zero-order valence-electron chi connectivity index (χ0n) is 8.04. The van der Waals surface area contributed by atoms with Gasteiger partial charge in [0.2, 0.25) is 0 Å². The van der Waals surface area contributed by atoms with Crippen molar-refractivity contribution in [2.45, 2.75) is 11.8 Å². The highest BCUT2D eigenvalue weighted by molar-refractivity contribution is 7.91. The first-order valence-corrected chi connectivity index (χ1v) is 5.76. The maximum absolute atomic E-state index is 12.7. The summed E-state index contributed by atoms with van der Waals surface area (Å²) in [5, 5.41) is 2.57. The van der Waals surface area contributed by atoms with Crippen molar-refractivity contribution >= 4 is 9.84 Å². The topological polar surface area (TPSA) is 46.2 Å². The average molecular weight is 217 g/mol. The molecule has 0 aromatic heterocycles. The summed E-state index contributed by atoms with van der Waals surface area (Å²) in [6.07, 6.45) is 0. The minimum absolute atomic E-state index is 0.139. The maximum atomic E-state index is 12.7. The fourth-order valence-corrected chi connectivity index (χ4v) is 2.59. The van der Waals surface area contributed by atoms with Gasteiger partial charge in [0.1, 0.15) is 11.7 Å². The van der Waals surface area contributed by atoms with Crippen molar-refractivity contribution < 1.29 is 12.8 Å². The van der Waals surface area contributed by atoms with E-state index in [0.717, 1.165) is 6.07 Å². The highest BCUT2D eigenvalue weighted by Crippen LogP contribution is 2.16. The molecule has 0 aliphatic carbocycles. The summed E-state index contributed by atoms with van der Waals surface area (Å²) in [5.74, 6) is -0.564. The van der Waals surface area contributed by atoms with Gasteiger partial charge in [-0.2, -0.15) is 0 Å². The number of rotatable bonds is 3. The van der Waals surface area contributed by atoms with Crippen LogP contribution in [0.2, 0.25) is 0 Å². The Bertz CT molecular complexity index is 428. The molecule has 0 atom stereocenters. The minimum atomic E-state index is -3.34. The van der Waals surface area contributed by atoms with Gasteiger partial charge in [0.15, 0.2) is 9.84 Å². The molecule has 3 nitrogen and oxygen atoms in total. The van der Waals surface area contributed by atoms with E-state index in [0.29, 0.717) is 5.56 Å². The Labute approximate surface area is 82.9 Å². The summed E-state index contributed by atoms with van der Waals surface area (Å²) < 4.78 is 35.9. The molecule has 14 heavy (non-hydrogen) atoms. The lowest BCUT2D eigenvalue weighted by Gasteiger charge is -2.06. The molecule has 0 heterocycles. The normalized spacial score (nSPS) is 11.6. The molecule has 1 rings (SSSR count). The van der Waals surface area contributed by atoms with E-state index in [2.05, 4.69) is 5.32 Å². The molecule has 0 spiro atoms. The van der Waals surface area contributed by atoms with E-state index in [9.17, 15) is 12.8 Å². The van der Waals surface area contributed by atoms with Gasteiger partial charge in [-0.25, -0.2) is 12.8 Å². The fraction of sp³-hybridized carbons (Fsp3) is 0.333. The monoisotopic (exact) mass is 217 g/mol. The first-order valence-electron chi connectivity index (χ1n) is 4.11. The van der Waals surface area contributed by atoms with Crippen LogP contribution in [0, 0.1) is 12.7 Å². The molecule has 0 aliphatic heterocycles. The number of sulfone groups is 1. The second kappa shape index (κ2) is 4.06. The van der Waals surface area contributed by atoms with E-state index < -0.39 is 15.7 Å². The smallest absolute Gasteiger partial charge is 0.191 e. The summed E-state index contributed by atoms with van der Waals surface area (Å²) in [6.45, 7) is 1.58. The SMILES string of the molecule is CNCS(=O)(=O)c1ccc(F)cc1C. The highest BCUT2D eigenvalue weighted by Gasteiger charge is 2.15. The molecule has 1 aromatic carbocycles. The molecule has 0 radical (unpaired) electrons. The standard InChI is InChI=1S/C9H12FNO2S/c1-7-5-8(10)3-4-9(7)14(12,13)6-11-2/h3-5,11H,6H2,1-2H3. The van der Waals surface area contributed by atoms with Crippen LogP contribution in [0.15, 0.2) is 23.1 Å². The molecular formula is C9H12FNO2S. The summed E-state index contributed by atoms with van der Waals surface area (Å²) in [4.78, 5) is 0.174. The molecule has 0 unspecified atom stereocenters. The Morgan fingerprint density at radius 2 is 2.07 bits per heavy atom. The molecule has 0 saturated heterocycles. The highest BCUT2D eigenvalue weighted by atomic mass is 32.2. The van der Waals surface area contributed by atoms with E-state index >= 15 is 0 Å². The van der Waals surface area contributed by atoms with Crippen LogP contribution < -0.4 is 5.32 Å². The number of hydrogen-bond donors (Lipinski definition) is 1. The van der Waals surface area contributed by atoms with Gasteiger partial charge >= 0.3 is 0 Å². The van der Waals surface area contributed by atoms with Gasteiger partial charge in [0.05, 0.1) is 4.90 Å². The van der Waals surface area contributed by atoms with Gasteiger partial charge in [0.25, 0.3) is 0 Å². The lowest BCUT2D eigenvalue weighted by atomic mass is 10.2. The zero-order chi connectivity index (χ0) is 10.8. The van der Waals surface area contributed by atoms with Crippen molar-refractivity contribution in [3.63, 3.8) is 0 Å². The lowest BCUT2D eigenvalue weighted by molar-refractivity contribution is 0.589. The molecule has 1 aromatic rings. The van der Waals surface area contributed by atoms with E-state index in [1.165, 1.54) is 12.1 Å². The second-order valence-corrected chi connectivity index (χ2v) is 4.98. The molecule has 0 aliphatic rings. The molecular weight excluding hydrogens is 205 g/mol. The predicted octanol–water partition coefficient (Wildman–Crippen LogP) is 1.08. The molecule has 0 amide bonds. The summed E-state index contributed by atoms with van der Waals surface area (Å²) in [5.41, 5.74) is 0.431. The zero-order valence-corrected chi connectivity index (χ0v) is 8.86. The van der Waals surface area contributed by atoms with Crippen molar-refractivity contribution in [2.24, 2.45) is 0 Å². The Morgan fingerprint density at radius 3 is 2.57 bits per heavy atom. The maximum Gasteiger partial charge on any atom is 0.191 e. The van der Waals surface area contributed by atoms with Gasteiger partial charge < -0.3 is 5.32 Å². The van der Waals surface area contributed by atoms with Crippen LogP contribution in [0.25, 0.3) is 0 Å². The second-order valence-electron chi connectivity index (χ2n) is 3.02. The van der Waals surface area contributed by atoms with Crippen LogP contribution in [-0.2, 0) is 9.84 Å². The van der Waals surface area contributed by atoms with Crippen molar-refractivity contribution in [3.05, 3.63) is 29.6 Å². The predicted molar refractivity (Wildman–Crippen MR) is 52.2 cm³/mol. The van der Waals surface area contributed by atoms with Crippen LogP contribution in [0.4, 0.5) is 4.39 Å². The van der Waals surface area contributed by atoms with Gasteiger partial charge in [-0.1, -0.05) is 0 Å². The van der Waals surface area contributed by atoms with Crippen LogP contribution in [0.1, 0.15) is 5.56 Å². The Hall–Kier alpha value is -0.940. The van der Waals surface area contributed by atoms with Crippen molar-refractivity contribution in [3.8, 4) is 0 Å². The van der Waals surface area contributed by atoms with E-state index in [1.54, 1.807) is 14.0 Å². The van der Waals surface area contributed by atoms with Gasteiger partial charge in [-0.3, -0.25) is 0 Å². The van der Waals surface area contributed by atoms with Gasteiger partial charge in [-0.05, 0) is 37.7 Å². The van der Waals surface area contributed by atoms with E-state index in [1.807, 2.05) is 0 Å². The van der Waals surface area contributed by atoms with Crippen LogP contribution in [-0.4, -0.2) is 21.3 Å². The Balaban J connectivity index is 3.20. The largest absolute Gasteiger partial charge is 0.306 e. The number of hydrogen-bond acceptors (Lipinski definition) is 3. The Kier molecular flexibility index (Phi) is 3.23. The molecule has 5 heteroatoms. The fourth-order valence-electron chi connectivity index (χ4n) is 1.23. The van der Waals surface area contributed by atoms with Gasteiger partial charge in [0, 0.05) is 0 Å². The Morgan fingerprint density at radius 1 is 1.43 bits per heavy atom. The summed E-state index contributed by atoms with van der Waals surface area (Å²) >= 11 is 0. The summed E-state index contributed by atoms with van der Waals surface area (Å²) in [7, 11) is -1.78. The number of benzene rings is 1. The summed E-state index contributed by atoms with van der Waals surface area (Å²) in [6, 6.07) is 3.65. The first kappa shape index (κ1) is 11.1. The van der Waals surface area contributed by atoms with E-state index in [-0.39, 0.29) is 10.8 Å². The number of halogens is 1. The molecule has 1 N–H and O–H groups in total. The molecule has 0 saturated carbocycles. The van der Waals surface area contributed by atoms with Crippen LogP contribution in [0.3, 0.4) is 0 Å². The third-order valence-corrected chi connectivity index (χ3v) is 3.60. The van der Waals surface area contributed by atoms with Gasteiger partial charge in [-0.15, -0.1) is 0 Å². The number of aryl methyl sites for hydroxylation is 1. The van der Waals surface area contributed by atoms with Crippen molar-refractivity contribution in [2.75, 3.05) is 12.9 Å². The number of nitrogens with one attached hydrogen (secondary N) is 1. The van der Waals surface area contributed by atoms with E-state index in [4.69, 9.17) is 0 Å². The van der Waals surface area contributed by atoms with Crippen LogP contribution >= 0.6 is 0 Å². The first-order chi connectivity index (χ1) is 6.47. The lowest BCUT2D eigenvalue weighted by Crippen LogP contribution is -2.19. The minimum Gasteiger partial charge on any atom is -0.306 e. The molecule has 0 bridgehead atoms.